The molecule has 1 aliphatic heterocycles. The van der Waals surface area contributed by atoms with Crippen LogP contribution >= 0.6 is 0 Å². The molecule has 0 N–H and O–H groups in total. The fourth-order valence-corrected chi connectivity index (χ4v) is 3.59. The standard InChI is InChI=1S/C21H25N5O2/c1-15(17-5-4-8-22-14-17)24(2)20(27)16-6-7-19-18(13-16)23-21(25(19)3)26-9-11-28-12-10-26/h4-8,13-15H,9-12H2,1-3H3/t15-/m0/s1. The summed E-state index contributed by atoms with van der Waals surface area (Å²) in [6.45, 7) is 5.08. The molecule has 0 radical (unpaired) electrons. The van der Waals surface area contributed by atoms with Crippen LogP contribution in [-0.2, 0) is 11.8 Å². The summed E-state index contributed by atoms with van der Waals surface area (Å²) in [4.78, 5) is 26.0. The maximum absolute atomic E-state index is 13.0. The Morgan fingerprint density at radius 3 is 2.75 bits per heavy atom. The molecule has 7 heteroatoms. The molecule has 3 heterocycles. The molecule has 0 unspecified atom stereocenters. The predicted octanol–water partition coefficient (Wildman–Crippen LogP) is 2.64. The number of fused-ring (bicyclic) bond motifs is 1. The summed E-state index contributed by atoms with van der Waals surface area (Å²) in [6, 6.07) is 9.54. The van der Waals surface area contributed by atoms with Crippen LogP contribution in [0.15, 0.2) is 42.7 Å². The van der Waals surface area contributed by atoms with Crippen LogP contribution in [0.3, 0.4) is 0 Å². The average Bonchev–Trinajstić information content (AvgIpc) is 3.09. The third kappa shape index (κ3) is 3.33. The van der Waals surface area contributed by atoms with Crippen LogP contribution in [0.2, 0.25) is 0 Å². The molecule has 0 bridgehead atoms. The molecular weight excluding hydrogens is 354 g/mol. The van der Waals surface area contributed by atoms with E-state index in [4.69, 9.17) is 9.72 Å². The van der Waals surface area contributed by atoms with Crippen molar-refractivity contribution in [3.63, 3.8) is 0 Å². The molecule has 1 saturated heterocycles. The van der Waals surface area contributed by atoms with Crippen molar-refractivity contribution in [2.45, 2.75) is 13.0 Å². The van der Waals surface area contributed by atoms with Gasteiger partial charge in [0.2, 0.25) is 5.95 Å². The maximum atomic E-state index is 13.0. The van der Waals surface area contributed by atoms with Gasteiger partial charge in [0, 0.05) is 45.1 Å². The van der Waals surface area contributed by atoms with Gasteiger partial charge in [0.05, 0.1) is 30.3 Å². The summed E-state index contributed by atoms with van der Waals surface area (Å²) >= 11 is 0. The number of carbonyl (C=O) groups excluding carboxylic acids is 1. The molecule has 4 rings (SSSR count). The number of ether oxygens (including phenoxy) is 1. The van der Waals surface area contributed by atoms with Gasteiger partial charge in [0.15, 0.2) is 0 Å². The number of anilines is 1. The molecule has 7 nitrogen and oxygen atoms in total. The lowest BCUT2D eigenvalue weighted by molar-refractivity contribution is 0.0742. The van der Waals surface area contributed by atoms with E-state index < -0.39 is 0 Å². The summed E-state index contributed by atoms with van der Waals surface area (Å²) in [7, 11) is 3.83. The number of aryl methyl sites for hydroxylation is 1. The lowest BCUT2D eigenvalue weighted by Crippen LogP contribution is -2.37. The van der Waals surface area contributed by atoms with Gasteiger partial charge in [0.25, 0.3) is 5.91 Å². The molecule has 1 aromatic carbocycles. The van der Waals surface area contributed by atoms with E-state index in [0.717, 1.165) is 35.6 Å². The highest BCUT2D eigenvalue weighted by Gasteiger charge is 2.22. The number of morpholine rings is 1. The molecule has 0 aliphatic carbocycles. The molecule has 1 amide bonds. The second kappa shape index (κ2) is 7.59. The second-order valence-electron chi connectivity index (χ2n) is 7.15. The third-order valence-corrected chi connectivity index (χ3v) is 5.47. The van der Waals surface area contributed by atoms with E-state index in [1.807, 2.05) is 51.4 Å². The Kier molecular flexibility index (Phi) is 5.00. The van der Waals surface area contributed by atoms with E-state index in [9.17, 15) is 4.79 Å². The van der Waals surface area contributed by atoms with E-state index in [0.29, 0.717) is 18.8 Å². The first-order chi connectivity index (χ1) is 13.6. The van der Waals surface area contributed by atoms with Crippen molar-refractivity contribution in [1.29, 1.82) is 0 Å². The minimum Gasteiger partial charge on any atom is -0.378 e. The first-order valence-corrected chi connectivity index (χ1v) is 9.52. The Bertz CT molecular complexity index is 979. The summed E-state index contributed by atoms with van der Waals surface area (Å²) in [5.74, 6) is 0.886. The number of carbonyl (C=O) groups is 1. The molecule has 1 atom stereocenters. The van der Waals surface area contributed by atoms with Crippen LogP contribution in [0, 0.1) is 0 Å². The van der Waals surface area contributed by atoms with Gasteiger partial charge >= 0.3 is 0 Å². The van der Waals surface area contributed by atoms with E-state index in [1.54, 1.807) is 17.3 Å². The van der Waals surface area contributed by atoms with Crippen molar-refractivity contribution in [2.75, 3.05) is 38.3 Å². The molecule has 1 aliphatic rings. The number of hydrogen-bond acceptors (Lipinski definition) is 5. The molecule has 1 fully saturated rings. The number of amides is 1. The number of hydrogen-bond donors (Lipinski definition) is 0. The monoisotopic (exact) mass is 379 g/mol. The average molecular weight is 379 g/mol. The van der Waals surface area contributed by atoms with Crippen LogP contribution in [-0.4, -0.2) is 58.7 Å². The van der Waals surface area contributed by atoms with Crippen molar-refractivity contribution in [3.05, 3.63) is 53.9 Å². The highest BCUT2D eigenvalue weighted by molar-refractivity contribution is 5.97. The van der Waals surface area contributed by atoms with Crippen LogP contribution in [0.1, 0.15) is 28.9 Å². The Balaban J connectivity index is 1.61. The zero-order chi connectivity index (χ0) is 19.7. The molecule has 146 valence electrons. The van der Waals surface area contributed by atoms with E-state index in [2.05, 4.69) is 14.5 Å². The van der Waals surface area contributed by atoms with Crippen LogP contribution in [0.4, 0.5) is 5.95 Å². The quantitative estimate of drug-likeness (QED) is 0.697. The number of benzene rings is 1. The van der Waals surface area contributed by atoms with Gasteiger partial charge in [0.1, 0.15) is 0 Å². The van der Waals surface area contributed by atoms with Crippen LogP contribution in [0.25, 0.3) is 11.0 Å². The topological polar surface area (TPSA) is 63.5 Å². The first-order valence-electron chi connectivity index (χ1n) is 9.52. The van der Waals surface area contributed by atoms with Crippen molar-refractivity contribution in [1.82, 2.24) is 19.4 Å². The van der Waals surface area contributed by atoms with E-state index in [-0.39, 0.29) is 11.9 Å². The van der Waals surface area contributed by atoms with E-state index in [1.165, 1.54) is 0 Å². The molecule has 3 aromatic rings. The Labute approximate surface area is 164 Å². The van der Waals surface area contributed by atoms with Crippen molar-refractivity contribution < 1.29 is 9.53 Å². The third-order valence-electron chi connectivity index (χ3n) is 5.47. The Hall–Kier alpha value is -2.93. The molecule has 0 saturated carbocycles. The number of imidazole rings is 1. The van der Waals surface area contributed by atoms with Gasteiger partial charge in [-0.2, -0.15) is 0 Å². The zero-order valence-electron chi connectivity index (χ0n) is 16.5. The van der Waals surface area contributed by atoms with Gasteiger partial charge in [-0.25, -0.2) is 4.98 Å². The highest BCUT2D eigenvalue weighted by Crippen LogP contribution is 2.25. The largest absolute Gasteiger partial charge is 0.378 e. The summed E-state index contributed by atoms with van der Waals surface area (Å²) in [5.41, 5.74) is 3.49. The Morgan fingerprint density at radius 2 is 2.04 bits per heavy atom. The minimum atomic E-state index is -0.0652. The lowest BCUT2D eigenvalue weighted by atomic mass is 10.1. The van der Waals surface area contributed by atoms with Gasteiger partial charge in [-0.05, 0) is 36.8 Å². The highest BCUT2D eigenvalue weighted by atomic mass is 16.5. The second-order valence-corrected chi connectivity index (χ2v) is 7.15. The van der Waals surface area contributed by atoms with Gasteiger partial charge in [-0.15, -0.1) is 0 Å². The molecule has 2 aromatic heterocycles. The fraction of sp³-hybridized carbons (Fsp3) is 0.381. The predicted molar refractivity (Wildman–Crippen MR) is 108 cm³/mol. The SMILES string of the molecule is C[C@@H](c1cccnc1)N(C)C(=O)c1ccc2c(c1)nc(N1CCOCC1)n2C. The summed E-state index contributed by atoms with van der Waals surface area (Å²) in [6.07, 6.45) is 3.53. The van der Waals surface area contributed by atoms with Crippen molar-refractivity contribution in [3.8, 4) is 0 Å². The zero-order valence-corrected chi connectivity index (χ0v) is 16.5. The van der Waals surface area contributed by atoms with Gasteiger partial charge in [-0.1, -0.05) is 6.07 Å². The first kappa shape index (κ1) is 18.4. The summed E-state index contributed by atoms with van der Waals surface area (Å²) in [5, 5.41) is 0. The molecule has 0 spiro atoms. The van der Waals surface area contributed by atoms with Crippen molar-refractivity contribution >= 4 is 22.9 Å². The Morgan fingerprint density at radius 1 is 1.25 bits per heavy atom. The smallest absolute Gasteiger partial charge is 0.254 e. The fourth-order valence-electron chi connectivity index (χ4n) is 3.59. The number of nitrogens with zero attached hydrogens (tertiary/aromatic N) is 5. The van der Waals surface area contributed by atoms with Gasteiger partial charge < -0.3 is 19.1 Å². The maximum Gasteiger partial charge on any atom is 0.254 e. The van der Waals surface area contributed by atoms with Gasteiger partial charge in [-0.3, -0.25) is 9.78 Å². The van der Waals surface area contributed by atoms with E-state index >= 15 is 0 Å². The lowest BCUT2D eigenvalue weighted by Gasteiger charge is -2.27. The number of pyridine rings is 1. The normalized spacial score (nSPS) is 15.6. The molecule has 28 heavy (non-hydrogen) atoms. The van der Waals surface area contributed by atoms with Crippen molar-refractivity contribution in [2.24, 2.45) is 7.05 Å². The minimum absolute atomic E-state index is 0.0307. The van der Waals surface area contributed by atoms with Crippen LogP contribution < -0.4 is 4.90 Å². The number of aromatic nitrogens is 3. The summed E-state index contributed by atoms with van der Waals surface area (Å²) < 4.78 is 7.52. The molecular formula is C21H25N5O2. The number of rotatable bonds is 4. The van der Waals surface area contributed by atoms with Crippen LogP contribution in [0.5, 0.6) is 0 Å².